The Kier molecular flexibility index (Phi) is 4.34. The van der Waals surface area contributed by atoms with Crippen molar-refractivity contribution in [3.05, 3.63) is 53.1 Å². The Morgan fingerprint density at radius 1 is 1.28 bits per heavy atom. The molecule has 2 aromatic rings. The van der Waals surface area contributed by atoms with Crippen LogP contribution in [0.1, 0.15) is 66.0 Å². The van der Waals surface area contributed by atoms with E-state index in [0.717, 1.165) is 42.9 Å². The summed E-state index contributed by atoms with van der Waals surface area (Å²) >= 11 is 0. The Morgan fingerprint density at radius 2 is 2.12 bits per heavy atom. The second-order valence-electron chi connectivity index (χ2n) is 7.37. The number of hydrogen-bond acceptors (Lipinski definition) is 3. The van der Waals surface area contributed by atoms with Crippen LogP contribution < -0.4 is 0 Å². The third-order valence-corrected chi connectivity index (χ3v) is 5.26. The highest BCUT2D eigenvalue weighted by molar-refractivity contribution is 5.94. The smallest absolute Gasteiger partial charge is 0.253 e. The van der Waals surface area contributed by atoms with Gasteiger partial charge in [0.2, 0.25) is 0 Å². The molecule has 0 bridgehead atoms. The third kappa shape index (κ3) is 3.09. The van der Waals surface area contributed by atoms with Gasteiger partial charge in [0.05, 0.1) is 19.3 Å². The lowest BCUT2D eigenvalue weighted by atomic mass is 10.0. The first-order valence-electron chi connectivity index (χ1n) is 9.15. The van der Waals surface area contributed by atoms with Gasteiger partial charge in [-0.3, -0.25) is 4.79 Å². The number of carbonyl (C=O) groups is 1. The van der Waals surface area contributed by atoms with Crippen LogP contribution in [0, 0.1) is 0 Å². The summed E-state index contributed by atoms with van der Waals surface area (Å²) in [4.78, 5) is 19.5. The normalized spacial score (nSPS) is 20.1. The van der Waals surface area contributed by atoms with Crippen molar-refractivity contribution in [3.8, 4) is 0 Å². The van der Waals surface area contributed by atoms with E-state index in [1.54, 1.807) is 0 Å². The van der Waals surface area contributed by atoms with E-state index < -0.39 is 0 Å². The van der Waals surface area contributed by atoms with E-state index in [0.29, 0.717) is 25.2 Å². The van der Waals surface area contributed by atoms with Crippen LogP contribution in [0.25, 0.3) is 0 Å². The van der Waals surface area contributed by atoms with E-state index in [1.807, 2.05) is 29.3 Å². The van der Waals surface area contributed by atoms with Crippen molar-refractivity contribution < 1.29 is 9.53 Å². The van der Waals surface area contributed by atoms with Gasteiger partial charge in [-0.15, -0.1) is 0 Å². The molecule has 0 unspecified atom stereocenters. The fourth-order valence-corrected chi connectivity index (χ4v) is 3.93. The molecule has 1 fully saturated rings. The van der Waals surface area contributed by atoms with Crippen molar-refractivity contribution in [1.82, 2.24) is 14.5 Å². The van der Waals surface area contributed by atoms with E-state index in [2.05, 4.69) is 29.6 Å². The van der Waals surface area contributed by atoms with E-state index in [9.17, 15) is 4.79 Å². The molecule has 1 aromatic carbocycles. The van der Waals surface area contributed by atoms with Crippen LogP contribution in [0.5, 0.6) is 0 Å². The van der Waals surface area contributed by atoms with Crippen molar-refractivity contribution in [2.75, 3.05) is 13.1 Å². The number of nitrogens with zero attached hydrogens (tertiary/aromatic N) is 3. The lowest BCUT2D eigenvalue weighted by molar-refractivity contribution is 0.0677. The Balaban J connectivity index is 1.53. The van der Waals surface area contributed by atoms with Crippen LogP contribution in [0.3, 0.4) is 0 Å². The van der Waals surface area contributed by atoms with Gasteiger partial charge in [0, 0.05) is 37.0 Å². The molecule has 4 rings (SSSR count). The largest absolute Gasteiger partial charge is 0.372 e. The van der Waals surface area contributed by atoms with Gasteiger partial charge in [-0.2, -0.15) is 0 Å². The number of likely N-dealkylation sites (tertiary alicyclic amines) is 1. The van der Waals surface area contributed by atoms with E-state index in [-0.39, 0.29) is 5.91 Å². The summed E-state index contributed by atoms with van der Waals surface area (Å²) in [6.45, 7) is 7.19. The third-order valence-electron chi connectivity index (χ3n) is 5.26. The predicted molar refractivity (Wildman–Crippen MR) is 95.4 cm³/mol. The fourth-order valence-electron chi connectivity index (χ4n) is 3.93. The van der Waals surface area contributed by atoms with Crippen molar-refractivity contribution in [2.24, 2.45) is 0 Å². The number of carbonyl (C=O) groups excluding carboxylic acids is 1. The molecule has 0 N–H and O–H groups in total. The summed E-state index contributed by atoms with van der Waals surface area (Å²) in [6, 6.07) is 6.29. The molecule has 1 saturated heterocycles. The summed E-state index contributed by atoms with van der Waals surface area (Å²) in [5, 5.41) is 0. The van der Waals surface area contributed by atoms with Crippen molar-refractivity contribution in [1.29, 1.82) is 0 Å². The summed E-state index contributed by atoms with van der Waals surface area (Å²) < 4.78 is 7.73. The molecule has 0 aliphatic carbocycles. The number of aromatic nitrogens is 2. The van der Waals surface area contributed by atoms with Gasteiger partial charge in [-0.1, -0.05) is 19.9 Å². The molecule has 0 saturated carbocycles. The van der Waals surface area contributed by atoms with Gasteiger partial charge < -0.3 is 14.2 Å². The Morgan fingerprint density at radius 3 is 2.96 bits per heavy atom. The molecule has 5 heteroatoms. The number of imidazole rings is 1. The molecule has 1 amide bonds. The fraction of sp³-hybridized carbons (Fsp3) is 0.500. The highest BCUT2D eigenvalue weighted by atomic mass is 16.5. The van der Waals surface area contributed by atoms with E-state index >= 15 is 0 Å². The molecule has 5 nitrogen and oxygen atoms in total. The number of rotatable bonds is 3. The number of benzene rings is 1. The number of ether oxygens (including phenoxy) is 1. The SMILES string of the molecule is CC(C)c1nccn1[C@H]1CCCN(C(=O)c2ccc3c(c2)COC3)C1. The quantitative estimate of drug-likeness (QED) is 0.860. The second-order valence-corrected chi connectivity index (χ2v) is 7.37. The monoisotopic (exact) mass is 339 g/mol. The predicted octanol–water partition coefficient (Wildman–Crippen LogP) is 3.51. The van der Waals surface area contributed by atoms with Gasteiger partial charge in [0.25, 0.3) is 5.91 Å². The zero-order valence-electron chi connectivity index (χ0n) is 14.9. The second kappa shape index (κ2) is 6.64. The van der Waals surface area contributed by atoms with Crippen molar-refractivity contribution in [3.63, 3.8) is 0 Å². The van der Waals surface area contributed by atoms with Gasteiger partial charge in [0.15, 0.2) is 0 Å². The van der Waals surface area contributed by atoms with E-state index in [4.69, 9.17) is 4.74 Å². The highest BCUT2D eigenvalue weighted by Crippen LogP contribution is 2.27. The summed E-state index contributed by atoms with van der Waals surface area (Å²) in [7, 11) is 0. The molecule has 3 heterocycles. The van der Waals surface area contributed by atoms with Gasteiger partial charge in [-0.05, 0) is 36.1 Å². The minimum Gasteiger partial charge on any atom is -0.372 e. The first-order chi connectivity index (χ1) is 12.1. The minimum atomic E-state index is 0.130. The van der Waals surface area contributed by atoms with Crippen LogP contribution in [0.2, 0.25) is 0 Å². The van der Waals surface area contributed by atoms with Crippen LogP contribution in [0.4, 0.5) is 0 Å². The minimum absolute atomic E-state index is 0.130. The number of amides is 1. The van der Waals surface area contributed by atoms with Crippen LogP contribution in [-0.4, -0.2) is 33.4 Å². The van der Waals surface area contributed by atoms with Crippen LogP contribution in [0.15, 0.2) is 30.6 Å². The number of hydrogen-bond donors (Lipinski definition) is 0. The molecular formula is C20H25N3O2. The maximum absolute atomic E-state index is 13.0. The topological polar surface area (TPSA) is 47.4 Å². The standard InChI is InChI=1S/C20H25N3O2/c1-14(2)19-21-7-9-23(19)18-4-3-8-22(11-18)20(24)15-5-6-16-12-25-13-17(16)10-15/h5-7,9-10,14,18H,3-4,8,11-13H2,1-2H3/t18-/m0/s1. The van der Waals surface area contributed by atoms with Gasteiger partial charge >= 0.3 is 0 Å². The molecule has 0 spiro atoms. The summed E-state index contributed by atoms with van der Waals surface area (Å²) in [6.07, 6.45) is 6.05. The summed E-state index contributed by atoms with van der Waals surface area (Å²) in [5.41, 5.74) is 3.13. The highest BCUT2D eigenvalue weighted by Gasteiger charge is 2.27. The average Bonchev–Trinajstić information content (AvgIpc) is 3.29. The molecule has 2 aliphatic rings. The lowest BCUT2D eigenvalue weighted by Gasteiger charge is -2.34. The number of fused-ring (bicyclic) bond motifs is 1. The first-order valence-corrected chi connectivity index (χ1v) is 9.15. The molecule has 1 atom stereocenters. The van der Waals surface area contributed by atoms with Crippen LogP contribution >= 0.6 is 0 Å². The molecule has 25 heavy (non-hydrogen) atoms. The van der Waals surface area contributed by atoms with Crippen LogP contribution in [-0.2, 0) is 18.0 Å². The first kappa shape index (κ1) is 16.3. The molecule has 2 aliphatic heterocycles. The Bertz CT molecular complexity index is 781. The number of piperidine rings is 1. The van der Waals surface area contributed by atoms with Gasteiger partial charge in [-0.25, -0.2) is 4.98 Å². The van der Waals surface area contributed by atoms with Crippen molar-refractivity contribution >= 4 is 5.91 Å². The van der Waals surface area contributed by atoms with Crippen molar-refractivity contribution in [2.45, 2.75) is 51.9 Å². The maximum Gasteiger partial charge on any atom is 0.253 e. The molecule has 1 aromatic heterocycles. The average molecular weight is 339 g/mol. The molecule has 132 valence electrons. The molecular weight excluding hydrogens is 314 g/mol. The van der Waals surface area contributed by atoms with E-state index in [1.165, 1.54) is 5.56 Å². The zero-order valence-corrected chi connectivity index (χ0v) is 14.9. The molecule has 0 radical (unpaired) electrons. The Hall–Kier alpha value is -2.14. The maximum atomic E-state index is 13.0. The Labute approximate surface area is 148 Å². The summed E-state index contributed by atoms with van der Waals surface area (Å²) in [5.74, 6) is 1.62. The van der Waals surface area contributed by atoms with Gasteiger partial charge in [0.1, 0.15) is 5.82 Å². The lowest BCUT2D eigenvalue weighted by Crippen LogP contribution is -2.41. The zero-order chi connectivity index (χ0) is 17.4.